The number of thiazole rings is 1. The molecule has 4 nitrogen and oxygen atoms in total. The van der Waals surface area contributed by atoms with Crippen LogP contribution in [0.4, 0.5) is 5.13 Å². The first-order valence-electron chi connectivity index (χ1n) is 7.20. The Hall–Kier alpha value is -2.19. The molecule has 2 aromatic heterocycles. The summed E-state index contributed by atoms with van der Waals surface area (Å²) in [5.41, 5.74) is 2.56. The lowest BCUT2D eigenvalue weighted by Crippen LogP contribution is -2.10. The van der Waals surface area contributed by atoms with Gasteiger partial charge in [-0.3, -0.25) is 10.1 Å². The lowest BCUT2D eigenvalue weighted by molar-refractivity contribution is 0.0998. The van der Waals surface area contributed by atoms with Crippen LogP contribution in [0.15, 0.2) is 64.4 Å². The molecule has 0 spiro atoms. The van der Waals surface area contributed by atoms with Crippen LogP contribution in [0.1, 0.15) is 10.6 Å². The number of fused-ring (bicyclic) bond motifs is 1. The number of nitrogens with zero attached hydrogens (tertiary/aromatic N) is 1. The molecule has 2 heterocycles. The number of furan rings is 1. The molecule has 0 atom stereocenters. The van der Waals surface area contributed by atoms with Crippen molar-refractivity contribution in [2.45, 2.75) is 0 Å². The Bertz CT molecular complexity index is 988. The third kappa shape index (κ3) is 3.07. The average Bonchev–Trinajstić information content (AvgIpc) is 3.22. The first-order chi connectivity index (χ1) is 11.7. The minimum Gasteiger partial charge on any atom is -0.451 e. The van der Waals surface area contributed by atoms with E-state index in [0.29, 0.717) is 10.7 Å². The molecule has 0 saturated carbocycles. The van der Waals surface area contributed by atoms with Gasteiger partial charge in [0.05, 0.1) is 5.69 Å². The summed E-state index contributed by atoms with van der Waals surface area (Å²) in [6.45, 7) is 0. The summed E-state index contributed by atoms with van der Waals surface area (Å²) < 4.78 is 6.74. The number of benzene rings is 2. The smallest absolute Gasteiger partial charge is 0.293 e. The molecule has 1 amide bonds. The van der Waals surface area contributed by atoms with Gasteiger partial charge in [0.2, 0.25) is 0 Å². The Kier molecular flexibility index (Phi) is 4.07. The third-order valence-corrected chi connectivity index (χ3v) is 4.99. The Morgan fingerprint density at radius 1 is 1.12 bits per heavy atom. The van der Waals surface area contributed by atoms with Crippen LogP contribution in [0, 0.1) is 3.57 Å². The highest BCUT2D eigenvalue weighted by atomic mass is 127. The van der Waals surface area contributed by atoms with Crippen molar-refractivity contribution in [2.75, 3.05) is 5.32 Å². The van der Waals surface area contributed by atoms with Crippen molar-refractivity contribution >= 4 is 55.9 Å². The molecule has 0 saturated heterocycles. The lowest BCUT2D eigenvalue weighted by Gasteiger charge is -1.98. The molecule has 6 heteroatoms. The van der Waals surface area contributed by atoms with Crippen LogP contribution in [0.5, 0.6) is 0 Å². The molecule has 0 aliphatic heterocycles. The second-order valence-electron chi connectivity index (χ2n) is 5.15. The zero-order valence-electron chi connectivity index (χ0n) is 12.3. The summed E-state index contributed by atoms with van der Waals surface area (Å²) in [6.07, 6.45) is 0. The molecule has 118 valence electrons. The molecule has 0 radical (unpaired) electrons. The molecule has 0 aliphatic carbocycles. The predicted molar refractivity (Wildman–Crippen MR) is 104 cm³/mol. The van der Waals surface area contributed by atoms with Gasteiger partial charge in [0.1, 0.15) is 5.58 Å². The van der Waals surface area contributed by atoms with Crippen LogP contribution in [0.2, 0.25) is 0 Å². The Labute approximate surface area is 155 Å². The second-order valence-corrected chi connectivity index (χ2v) is 7.25. The third-order valence-electron chi connectivity index (χ3n) is 3.51. The molecule has 24 heavy (non-hydrogen) atoms. The number of nitrogens with one attached hydrogen (secondary N) is 1. The highest BCUT2D eigenvalue weighted by Crippen LogP contribution is 2.26. The van der Waals surface area contributed by atoms with Crippen LogP contribution in [-0.4, -0.2) is 10.9 Å². The van der Waals surface area contributed by atoms with Gasteiger partial charge in [-0.2, -0.15) is 0 Å². The van der Waals surface area contributed by atoms with E-state index in [2.05, 4.69) is 32.9 Å². The summed E-state index contributed by atoms with van der Waals surface area (Å²) in [6, 6.07) is 17.4. The molecule has 1 N–H and O–H groups in total. The Morgan fingerprint density at radius 2 is 1.92 bits per heavy atom. The number of aromatic nitrogens is 1. The maximum absolute atomic E-state index is 12.3. The number of halogens is 1. The molecule has 0 bridgehead atoms. The second kappa shape index (κ2) is 6.37. The van der Waals surface area contributed by atoms with Gasteiger partial charge in [-0.15, -0.1) is 11.3 Å². The number of carbonyl (C=O) groups excluding carboxylic acids is 1. The minimum atomic E-state index is -0.297. The molecule has 2 aromatic carbocycles. The summed E-state index contributed by atoms with van der Waals surface area (Å²) in [5, 5.41) is 6.18. The number of anilines is 1. The number of hydrogen-bond donors (Lipinski definition) is 1. The van der Waals surface area contributed by atoms with Crippen molar-refractivity contribution in [3.63, 3.8) is 0 Å². The van der Waals surface area contributed by atoms with Crippen LogP contribution in [-0.2, 0) is 0 Å². The van der Waals surface area contributed by atoms with Gasteiger partial charge >= 0.3 is 0 Å². The van der Waals surface area contributed by atoms with Gasteiger partial charge in [0.25, 0.3) is 5.91 Å². The molecule has 0 aliphatic rings. The number of carbonyl (C=O) groups is 1. The van der Waals surface area contributed by atoms with Crippen LogP contribution in [0.3, 0.4) is 0 Å². The average molecular weight is 446 g/mol. The highest BCUT2D eigenvalue weighted by molar-refractivity contribution is 14.1. The van der Waals surface area contributed by atoms with Gasteiger partial charge in [-0.25, -0.2) is 4.98 Å². The molecule has 4 rings (SSSR count). The van der Waals surface area contributed by atoms with Crippen molar-refractivity contribution in [1.29, 1.82) is 0 Å². The Balaban J connectivity index is 1.54. The van der Waals surface area contributed by atoms with Crippen LogP contribution >= 0.6 is 33.9 Å². The standard InChI is InChI=1S/C18H11IN2O2S/c19-13-7-5-11(6-8-13)14-10-24-18(20-14)21-17(22)16-9-12-3-1-2-4-15(12)23-16/h1-10H,(H,20,21,22). The quantitative estimate of drug-likeness (QED) is 0.428. The fourth-order valence-electron chi connectivity index (χ4n) is 2.34. The molecule has 4 aromatic rings. The Morgan fingerprint density at radius 3 is 2.71 bits per heavy atom. The van der Waals surface area contributed by atoms with E-state index in [9.17, 15) is 4.79 Å². The fraction of sp³-hybridized carbons (Fsp3) is 0. The number of amides is 1. The van der Waals surface area contributed by atoms with Gasteiger partial charge in [-0.05, 0) is 46.9 Å². The van der Waals surface area contributed by atoms with Crippen molar-refractivity contribution in [3.8, 4) is 11.3 Å². The number of rotatable bonds is 3. The van der Waals surface area contributed by atoms with Gasteiger partial charge < -0.3 is 4.42 Å². The van der Waals surface area contributed by atoms with E-state index in [0.717, 1.165) is 16.6 Å². The largest absolute Gasteiger partial charge is 0.451 e. The first-order valence-corrected chi connectivity index (χ1v) is 9.16. The monoisotopic (exact) mass is 446 g/mol. The molecule has 0 fully saturated rings. The van der Waals surface area contributed by atoms with E-state index in [1.807, 2.05) is 53.9 Å². The first kappa shape index (κ1) is 15.3. The summed E-state index contributed by atoms with van der Waals surface area (Å²) >= 11 is 3.66. The van der Waals surface area contributed by atoms with E-state index in [1.54, 1.807) is 6.07 Å². The van der Waals surface area contributed by atoms with Gasteiger partial charge in [-0.1, -0.05) is 30.3 Å². The molecular formula is C18H11IN2O2S. The number of para-hydroxylation sites is 1. The van der Waals surface area contributed by atoms with Crippen LogP contribution < -0.4 is 5.32 Å². The van der Waals surface area contributed by atoms with Crippen molar-refractivity contribution < 1.29 is 9.21 Å². The van der Waals surface area contributed by atoms with E-state index >= 15 is 0 Å². The van der Waals surface area contributed by atoms with Crippen molar-refractivity contribution in [3.05, 3.63) is 69.3 Å². The maximum atomic E-state index is 12.3. The van der Waals surface area contributed by atoms with E-state index in [4.69, 9.17) is 4.42 Å². The maximum Gasteiger partial charge on any atom is 0.293 e. The summed E-state index contributed by atoms with van der Waals surface area (Å²) in [4.78, 5) is 16.8. The topological polar surface area (TPSA) is 55.1 Å². The minimum absolute atomic E-state index is 0.280. The van der Waals surface area contributed by atoms with Crippen molar-refractivity contribution in [2.24, 2.45) is 0 Å². The van der Waals surface area contributed by atoms with Gasteiger partial charge in [0, 0.05) is 19.9 Å². The van der Waals surface area contributed by atoms with E-state index < -0.39 is 0 Å². The number of hydrogen-bond acceptors (Lipinski definition) is 4. The molecular weight excluding hydrogens is 435 g/mol. The fourth-order valence-corrected chi connectivity index (χ4v) is 3.41. The molecule has 0 unspecified atom stereocenters. The predicted octanol–water partition coefficient (Wildman–Crippen LogP) is 5.41. The summed E-state index contributed by atoms with van der Waals surface area (Å²) in [5.74, 6) is -0.0167. The van der Waals surface area contributed by atoms with E-state index in [1.165, 1.54) is 14.9 Å². The zero-order chi connectivity index (χ0) is 16.5. The lowest BCUT2D eigenvalue weighted by atomic mass is 10.2. The highest BCUT2D eigenvalue weighted by Gasteiger charge is 2.14. The van der Waals surface area contributed by atoms with E-state index in [-0.39, 0.29) is 11.7 Å². The zero-order valence-corrected chi connectivity index (χ0v) is 15.3. The van der Waals surface area contributed by atoms with Crippen molar-refractivity contribution in [1.82, 2.24) is 4.98 Å². The summed E-state index contributed by atoms with van der Waals surface area (Å²) in [7, 11) is 0. The van der Waals surface area contributed by atoms with Crippen LogP contribution in [0.25, 0.3) is 22.2 Å². The normalized spacial score (nSPS) is 10.9. The van der Waals surface area contributed by atoms with Gasteiger partial charge in [0.15, 0.2) is 10.9 Å². The SMILES string of the molecule is O=C(Nc1nc(-c2ccc(I)cc2)cs1)c1cc2ccccc2o1.